The fourth-order valence-electron chi connectivity index (χ4n) is 3.60. The number of para-hydroxylation sites is 1. The highest BCUT2D eigenvalue weighted by Gasteiger charge is 2.34. The molecule has 0 spiro atoms. The smallest absolute Gasteiger partial charge is 0.246 e. The first-order valence-electron chi connectivity index (χ1n) is 8.31. The maximum absolute atomic E-state index is 13.2. The van der Waals surface area contributed by atoms with Crippen LogP contribution in [0.15, 0.2) is 47.6 Å². The molecule has 0 amide bonds. The number of benzene rings is 1. The number of rotatable bonds is 3. The molecule has 2 aliphatic rings. The summed E-state index contributed by atoms with van der Waals surface area (Å²) in [6, 6.07) is 9.37. The molecule has 0 bridgehead atoms. The maximum atomic E-state index is 13.2. The van der Waals surface area contributed by atoms with Crippen molar-refractivity contribution >= 4 is 10.0 Å². The van der Waals surface area contributed by atoms with Gasteiger partial charge in [-0.25, -0.2) is 8.42 Å². The summed E-state index contributed by atoms with van der Waals surface area (Å²) < 4.78 is 33.5. The number of hydrogen-bond acceptors (Lipinski definition) is 4. The molecule has 1 unspecified atom stereocenters. The highest BCUT2D eigenvalue weighted by atomic mass is 32.2. The Bertz CT molecular complexity index is 837. The lowest BCUT2D eigenvalue weighted by Gasteiger charge is -2.32. The average molecular weight is 344 g/mol. The van der Waals surface area contributed by atoms with E-state index in [0.29, 0.717) is 30.3 Å². The maximum Gasteiger partial charge on any atom is 0.246 e. The van der Waals surface area contributed by atoms with E-state index in [-0.39, 0.29) is 5.92 Å². The van der Waals surface area contributed by atoms with E-state index in [1.165, 1.54) is 0 Å². The monoisotopic (exact) mass is 344 g/mol. The zero-order valence-electron chi connectivity index (χ0n) is 13.4. The first-order valence-corrected chi connectivity index (χ1v) is 9.75. The van der Waals surface area contributed by atoms with Gasteiger partial charge in [-0.1, -0.05) is 12.1 Å². The molecular formula is C18H20N2O3S. The van der Waals surface area contributed by atoms with Gasteiger partial charge in [0.25, 0.3) is 0 Å². The minimum atomic E-state index is -3.54. The summed E-state index contributed by atoms with van der Waals surface area (Å²) in [6.07, 6.45) is 6.17. The van der Waals surface area contributed by atoms with E-state index >= 15 is 0 Å². The third-order valence-corrected chi connectivity index (χ3v) is 6.75. The van der Waals surface area contributed by atoms with Crippen LogP contribution in [0.4, 0.5) is 0 Å². The number of aromatic nitrogens is 1. The Morgan fingerprint density at radius 1 is 1.17 bits per heavy atom. The molecule has 4 rings (SSSR count). The second kappa shape index (κ2) is 6.18. The second-order valence-electron chi connectivity index (χ2n) is 6.33. The van der Waals surface area contributed by atoms with E-state index < -0.39 is 10.0 Å². The molecule has 24 heavy (non-hydrogen) atoms. The zero-order chi connectivity index (χ0) is 16.6. The van der Waals surface area contributed by atoms with Crippen LogP contribution in [0.1, 0.15) is 29.9 Å². The van der Waals surface area contributed by atoms with Gasteiger partial charge in [-0.3, -0.25) is 4.98 Å². The van der Waals surface area contributed by atoms with E-state index in [4.69, 9.17) is 4.74 Å². The number of fused-ring (bicyclic) bond motifs is 1. The van der Waals surface area contributed by atoms with Crippen molar-refractivity contribution in [3.63, 3.8) is 0 Å². The van der Waals surface area contributed by atoms with Crippen LogP contribution in [0.2, 0.25) is 0 Å². The van der Waals surface area contributed by atoms with Crippen LogP contribution in [0, 0.1) is 0 Å². The van der Waals surface area contributed by atoms with Crippen LogP contribution >= 0.6 is 0 Å². The summed E-state index contributed by atoms with van der Waals surface area (Å²) in [7, 11) is -3.54. The summed E-state index contributed by atoms with van der Waals surface area (Å²) in [4.78, 5) is 4.36. The number of hydrogen-bond donors (Lipinski definition) is 0. The minimum Gasteiger partial charge on any atom is -0.492 e. The molecule has 3 heterocycles. The Morgan fingerprint density at radius 2 is 2.00 bits per heavy atom. The van der Waals surface area contributed by atoms with Gasteiger partial charge in [-0.2, -0.15) is 4.31 Å². The third-order valence-electron chi connectivity index (χ3n) is 4.86. The van der Waals surface area contributed by atoms with Gasteiger partial charge in [0.15, 0.2) is 0 Å². The van der Waals surface area contributed by atoms with Crippen LogP contribution in [0.25, 0.3) is 0 Å². The first-order chi connectivity index (χ1) is 11.7. The van der Waals surface area contributed by atoms with Crippen LogP contribution < -0.4 is 4.74 Å². The zero-order valence-corrected chi connectivity index (χ0v) is 14.2. The number of piperidine rings is 1. The molecule has 1 aromatic heterocycles. The Morgan fingerprint density at radius 3 is 2.83 bits per heavy atom. The van der Waals surface area contributed by atoms with Gasteiger partial charge in [-0.05, 0) is 48.1 Å². The number of nitrogens with zero attached hydrogens (tertiary/aromatic N) is 2. The van der Waals surface area contributed by atoms with Gasteiger partial charge < -0.3 is 4.74 Å². The lowest BCUT2D eigenvalue weighted by molar-refractivity contribution is 0.311. The highest BCUT2D eigenvalue weighted by molar-refractivity contribution is 7.89. The quantitative estimate of drug-likeness (QED) is 0.859. The average Bonchev–Trinajstić information content (AvgIpc) is 3.11. The summed E-state index contributed by atoms with van der Waals surface area (Å²) in [5.74, 6) is 0.762. The van der Waals surface area contributed by atoms with Gasteiger partial charge in [0.1, 0.15) is 10.6 Å². The molecule has 126 valence electrons. The van der Waals surface area contributed by atoms with E-state index in [9.17, 15) is 8.42 Å². The Hall–Kier alpha value is -1.92. The molecule has 1 aromatic carbocycles. The van der Waals surface area contributed by atoms with Crippen molar-refractivity contribution in [1.82, 2.24) is 9.29 Å². The van der Waals surface area contributed by atoms with Gasteiger partial charge in [0.2, 0.25) is 10.0 Å². The predicted molar refractivity (Wildman–Crippen MR) is 90.6 cm³/mol. The van der Waals surface area contributed by atoms with Crippen molar-refractivity contribution in [3.05, 3.63) is 53.9 Å². The van der Waals surface area contributed by atoms with E-state index in [0.717, 1.165) is 30.4 Å². The predicted octanol–water partition coefficient (Wildman–Crippen LogP) is 2.58. The number of pyridine rings is 1. The van der Waals surface area contributed by atoms with E-state index in [1.54, 1.807) is 22.8 Å². The number of ether oxygens (including phenoxy) is 1. The molecule has 2 aliphatic heterocycles. The lowest BCUT2D eigenvalue weighted by atomic mass is 9.92. The van der Waals surface area contributed by atoms with Crippen molar-refractivity contribution in [1.29, 1.82) is 0 Å². The van der Waals surface area contributed by atoms with Crippen molar-refractivity contribution in [2.24, 2.45) is 0 Å². The Balaban J connectivity index is 1.64. The molecule has 2 aromatic rings. The van der Waals surface area contributed by atoms with Gasteiger partial charge in [-0.15, -0.1) is 0 Å². The normalized spacial score (nSPS) is 21.2. The minimum absolute atomic E-state index is 0.217. The van der Waals surface area contributed by atoms with Gasteiger partial charge >= 0.3 is 0 Å². The van der Waals surface area contributed by atoms with Crippen LogP contribution in [-0.4, -0.2) is 37.4 Å². The number of sulfonamides is 1. The molecule has 0 saturated carbocycles. The molecule has 1 atom stereocenters. The summed E-state index contributed by atoms with van der Waals surface area (Å²) >= 11 is 0. The fourth-order valence-corrected chi connectivity index (χ4v) is 5.29. The third kappa shape index (κ3) is 2.70. The van der Waals surface area contributed by atoms with Crippen LogP contribution in [0.5, 0.6) is 5.75 Å². The summed E-state index contributed by atoms with van der Waals surface area (Å²) in [6.45, 7) is 1.63. The topological polar surface area (TPSA) is 59.5 Å². The molecule has 0 radical (unpaired) electrons. The molecular weight excluding hydrogens is 324 g/mol. The highest BCUT2D eigenvalue weighted by Crippen LogP contribution is 2.36. The van der Waals surface area contributed by atoms with Crippen LogP contribution in [-0.2, 0) is 16.4 Å². The van der Waals surface area contributed by atoms with Crippen molar-refractivity contribution in [2.45, 2.75) is 30.1 Å². The van der Waals surface area contributed by atoms with E-state index in [2.05, 4.69) is 4.98 Å². The molecule has 0 N–H and O–H groups in total. The van der Waals surface area contributed by atoms with Gasteiger partial charge in [0.05, 0.1) is 6.61 Å². The molecule has 5 nitrogen and oxygen atoms in total. The second-order valence-corrected chi connectivity index (χ2v) is 8.23. The molecule has 1 fully saturated rings. The lowest BCUT2D eigenvalue weighted by Crippen LogP contribution is -2.39. The van der Waals surface area contributed by atoms with E-state index in [1.807, 2.05) is 24.3 Å². The van der Waals surface area contributed by atoms with Gasteiger partial charge in [0, 0.05) is 31.9 Å². The Kier molecular flexibility index (Phi) is 4.02. The van der Waals surface area contributed by atoms with Crippen molar-refractivity contribution < 1.29 is 13.2 Å². The SMILES string of the molecule is O=S(=O)(c1cccc2c1OCC2)N1CCCC(c2ccncc2)C1. The molecule has 1 saturated heterocycles. The van der Waals surface area contributed by atoms with Crippen molar-refractivity contribution in [2.75, 3.05) is 19.7 Å². The molecule has 6 heteroatoms. The van der Waals surface area contributed by atoms with Crippen molar-refractivity contribution in [3.8, 4) is 5.75 Å². The standard InChI is InChI=1S/C18H20N2O3S/c21-24(22,17-5-1-3-15-8-12-23-18(15)17)20-11-2-4-16(13-20)14-6-9-19-10-7-14/h1,3,5-7,9-10,16H,2,4,8,11-13H2. The summed E-state index contributed by atoms with van der Waals surface area (Å²) in [5, 5.41) is 0. The summed E-state index contributed by atoms with van der Waals surface area (Å²) in [5.41, 5.74) is 2.14. The fraction of sp³-hybridized carbons (Fsp3) is 0.389. The first kappa shape index (κ1) is 15.6. The largest absolute Gasteiger partial charge is 0.492 e. The molecule has 0 aliphatic carbocycles. The Labute approximate surface area is 142 Å². The van der Waals surface area contributed by atoms with Crippen LogP contribution in [0.3, 0.4) is 0 Å².